The van der Waals surface area contributed by atoms with Gasteiger partial charge in [-0.2, -0.15) is 11.8 Å². The maximum atomic E-state index is 13.2. The maximum absolute atomic E-state index is 13.2. The molecule has 0 spiro atoms. The number of hydrogen-bond acceptors (Lipinski definition) is 6. The Morgan fingerprint density at radius 2 is 1.82 bits per heavy atom. The van der Waals surface area contributed by atoms with Crippen LogP contribution in [0.5, 0.6) is 0 Å². The zero-order chi connectivity index (χ0) is 23.8. The van der Waals surface area contributed by atoms with Crippen LogP contribution >= 0.6 is 11.8 Å². The lowest BCUT2D eigenvalue weighted by Crippen LogP contribution is -2.52. The summed E-state index contributed by atoms with van der Waals surface area (Å²) in [7, 11) is 0. The van der Waals surface area contributed by atoms with Crippen molar-refractivity contribution in [2.75, 3.05) is 38.2 Å². The summed E-state index contributed by atoms with van der Waals surface area (Å²) in [5, 5.41) is 13.8. The SMILES string of the molecule is CSCCC(NC(=O)c1cccc([N+](=O)[O-])c1)C(=O)N1CCC(C(=O)N2CCCCC2)CC1. The molecule has 0 bridgehead atoms. The van der Waals surface area contributed by atoms with E-state index in [0.29, 0.717) is 38.1 Å². The molecule has 1 atom stereocenters. The summed E-state index contributed by atoms with van der Waals surface area (Å²) >= 11 is 1.58. The Labute approximate surface area is 198 Å². The van der Waals surface area contributed by atoms with Gasteiger partial charge in [-0.05, 0) is 56.6 Å². The summed E-state index contributed by atoms with van der Waals surface area (Å²) in [6.45, 7) is 2.65. The predicted octanol–water partition coefficient (Wildman–Crippen LogP) is 2.70. The monoisotopic (exact) mass is 476 g/mol. The topological polar surface area (TPSA) is 113 Å². The van der Waals surface area contributed by atoms with Crippen LogP contribution < -0.4 is 5.32 Å². The van der Waals surface area contributed by atoms with Gasteiger partial charge in [0.25, 0.3) is 11.6 Å². The molecular weight excluding hydrogens is 444 g/mol. The fourth-order valence-corrected chi connectivity index (χ4v) is 4.91. The van der Waals surface area contributed by atoms with E-state index in [9.17, 15) is 24.5 Å². The van der Waals surface area contributed by atoms with Gasteiger partial charge in [0, 0.05) is 49.8 Å². The van der Waals surface area contributed by atoms with Crippen LogP contribution in [0.3, 0.4) is 0 Å². The van der Waals surface area contributed by atoms with E-state index >= 15 is 0 Å². The number of carbonyl (C=O) groups excluding carboxylic acids is 3. The molecule has 2 aliphatic rings. The van der Waals surface area contributed by atoms with Gasteiger partial charge in [0.15, 0.2) is 0 Å². The lowest BCUT2D eigenvalue weighted by molar-refractivity contribution is -0.384. The average molecular weight is 477 g/mol. The summed E-state index contributed by atoms with van der Waals surface area (Å²) in [5.41, 5.74) is -0.0212. The quantitative estimate of drug-likeness (QED) is 0.456. The number of thioether (sulfide) groups is 1. The minimum Gasteiger partial charge on any atom is -0.342 e. The van der Waals surface area contributed by atoms with Gasteiger partial charge in [-0.3, -0.25) is 24.5 Å². The highest BCUT2D eigenvalue weighted by molar-refractivity contribution is 7.98. The van der Waals surface area contributed by atoms with Crippen molar-refractivity contribution in [3.63, 3.8) is 0 Å². The molecule has 2 saturated heterocycles. The third kappa shape index (κ3) is 6.69. The van der Waals surface area contributed by atoms with Crippen molar-refractivity contribution in [1.29, 1.82) is 0 Å². The number of amides is 3. The fourth-order valence-electron chi connectivity index (χ4n) is 4.44. The molecule has 0 aliphatic carbocycles. The molecule has 1 aromatic rings. The zero-order valence-corrected chi connectivity index (χ0v) is 19.8. The molecule has 9 nitrogen and oxygen atoms in total. The molecule has 10 heteroatoms. The molecular formula is C23H32N4O5S. The van der Waals surface area contributed by atoms with Gasteiger partial charge in [-0.1, -0.05) is 6.07 Å². The number of nitro groups is 1. The molecule has 2 heterocycles. The highest BCUT2D eigenvalue weighted by atomic mass is 32.2. The normalized spacial score (nSPS) is 18.0. The Kier molecular flexibility index (Phi) is 9.11. The van der Waals surface area contributed by atoms with Crippen molar-refractivity contribution in [3.05, 3.63) is 39.9 Å². The maximum Gasteiger partial charge on any atom is 0.270 e. The highest BCUT2D eigenvalue weighted by Crippen LogP contribution is 2.23. The Morgan fingerprint density at radius 1 is 1.12 bits per heavy atom. The number of nitrogens with zero attached hydrogens (tertiary/aromatic N) is 3. The average Bonchev–Trinajstić information content (AvgIpc) is 2.86. The lowest BCUT2D eigenvalue weighted by Gasteiger charge is -2.36. The first kappa shape index (κ1) is 25.0. The lowest BCUT2D eigenvalue weighted by atomic mass is 9.93. The standard InChI is InChI=1S/C23H32N4O5S/c1-33-15-10-20(24-21(28)18-6-5-7-19(16-18)27(31)32)23(30)26-13-8-17(9-14-26)22(29)25-11-3-2-4-12-25/h5-7,16-17,20H,2-4,8-15H2,1H3,(H,24,28). The molecule has 33 heavy (non-hydrogen) atoms. The van der Waals surface area contributed by atoms with Crippen LogP contribution in [-0.2, 0) is 9.59 Å². The van der Waals surface area contributed by atoms with E-state index in [1.54, 1.807) is 16.7 Å². The van der Waals surface area contributed by atoms with E-state index < -0.39 is 16.9 Å². The van der Waals surface area contributed by atoms with E-state index in [-0.39, 0.29) is 29.0 Å². The van der Waals surface area contributed by atoms with Crippen molar-refractivity contribution < 1.29 is 19.3 Å². The Bertz CT molecular complexity index is 866. The summed E-state index contributed by atoms with van der Waals surface area (Å²) < 4.78 is 0. The molecule has 1 N–H and O–H groups in total. The molecule has 3 amide bonds. The number of carbonyl (C=O) groups is 3. The van der Waals surface area contributed by atoms with E-state index in [1.165, 1.54) is 30.7 Å². The first-order valence-corrected chi connectivity index (χ1v) is 12.9. The smallest absolute Gasteiger partial charge is 0.270 e. The highest BCUT2D eigenvalue weighted by Gasteiger charge is 2.33. The molecule has 2 fully saturated rings. The third-order valence-electron chi connectivity index (χ3n) is 6.36. The molecule has 0 aromatic heterocycles. The van der Waals surface area contributed by atoms with Gasteiger partial charge >= 0.3 is 0 Å². The number of hydrogen-bond donors (Lipinski definition) is 1. The first-order chi connectivity index (χ1) is 15.9. The number of benzene rings is 1. The number of nitro benzene ring substituents is 1. The number of rotatable bonds is 8. The van der Waals surface area contributed by atoms with E-state index in [0.717, 1.165) is 25.9 Å². The van der Waals surface area contributed by atoms with Gasteiger partial charge in [0.1, 0.15) is 6.04 Å². The van der Waals surface area contributed by atoms with Gasteiger partial charge in [0.2, 0.25) is 11.8 Å². The summed E-state index contributed by atoms with van der Waals surface area (Å²) in [5.74, 6) is 0.186. The second kappa shape index (κ2) is 12.0. The van der Waals surface area contributed by atoms with Crippen molar-refractivity contribution in [1.82, 2.24) is 15.1 Å². The van der Waals surface area contributed by atoms with Crippen LogP contribution in [0, 0.1) is 16.0 Å². The molecule has 2 aliphatic heterocycles. The summed E-state index contributed by atoms with van der Waals surface area (Å²) in [6.07, 6.45) is 6.96. The van der Waals surface area contributed by atoms with Crippen LogP contribution in [0.1, 0.15) is 48.9 Å². The predicted molar refractivity (Wildman–Crippen MR) is 127 cm³/mol. The van der Waals surface area contributed by atoms with E-state index in [2.05, 4.69) is 5.32 Å². The van der Waals surface area contributed by atoms with Crippen LogP contribution in [0.25, 0.3) is 0 Å². The number of nitrogens with one attached hydrogen (secondary N) is 1. The van der Waals surface area contributed by atoms with Crippen LogP contribution in [-0.4, -0.2) is 76.7 Å². The molecule has 3 rings (SSSR count). The largest absolute Gasteiger partial charge is 0.342 e. The molecule has 1 unspecified atom stereocenters. The minimum absolute atomic E-state index is 0.0451. The van der Waals surface area contributed by atoms with Crippen molar-refractivity contribution in [2.45, 2.75) is 44.6 Å². The Balaban J connectivity index is 1.60. The van der Waals surface area contributed by atoms with Crippen LogP contribution in [0.2, 0.25) is 0 Å². The van der Waals surface area contributed by atoms with Crippen molar-refractivity contribution in [3.8, 4) is 0 Å². The second-order valence-electron chi connectivity index (χ2n) is 8.60. The molecule has 0 saturated carbocycles. The number of non-ortho nitro benzene ring substituents is 1. The van der Waals surface area contributed by atoms with Gasteiger partial charge in [-0.25, -0.2) is 0 Å². The molecule has 0 radical (unpaired) electrons. The summed E-state index contributed by atoms with van der Waals surface area (Å²) in [4.78, 5) is 52.9. The van der Waals surface area contributed by atoms with Crippen LogP contribution in [0.4, 0.5) is 5.69 Å². The number of piperidine rings is 2. The van der Waals surface area contributed by atoms with E-state index in [1.807, 2.05) is 11.2 Å². The third-order valence-corrected chi connectivity index (χ3v) is 7.00. The van der Waals surface area contributed by atoms with E-state index in [4.69, 9.17) is 0 Å². The molecule has 1 aromatic carbocycles. The van der Waals surface area contributed by atoms with Crippen molar-refractivity contribution in [2.24, 2.45) is 5.92 Å². The fraction of sp³-hybridized carbons (Fsp3) is 0.609. The first-order valence-electron chi connectivity index (χ1n) is 11.5. The van der Waals surface area contributed by atoms with Crippen molar-refractivity contribution >= 4 is 35.2 Å². The summed E-state index contributed by atoms with van der Waals surface area (Å²) in [6, 6.07) is 4.77. The zero-order valence-electron chi connectivity index (χ0n) is 19.0. The van der Waals surface area contributed by atoms with Gasteiger partial charge < -0.3 is 15.1 Å². The van der Waals surface area contributed by atoms with Gasteiger partial charge in [0.05, 0.1) is 4.92 Å². The Hall–Kier alpha value is -2.62. The van der Waals surface area contributed by atoms with Crippen LogP contribution in [0.15, 0.2) is 24.3 Å². The number of likely N-dealkylation sites (tertiary alicyclic amines) is 2. The second-order valence-corrected chi connectivity index (χ2v) is 9.59. The molecule has 180 valence electrons. The van der Waals surface area contributed by atoms with Gasteiger partial charge in [-0.15, -0.1) is 0 Å². The Morgan fingerprint density at radius 3 is 2.45 bits per heavy atom. The minimum atomic E-state index is -0.710.